The zero-order valence-electron chi connectivity index (χ0n) is 16.2. The third kappa shape index (κ3) is 8.61. The van der Waals surface area contributed by atoms with E-state index in [-0.39, 0.29) is 17.7 Å². The van der Waals surface area contributed by atoms with Crippen molar-refractivity contribution in [1.29, 1.82) is 0 Å². The van der Waals surface area contributed by atoms with Crippen LogP contribution in [0, 0.1) is 0 Å². The number of ether oxygens (including phenoxy) is 1. The molecule has 1 aromatic rings. The Morgan fingerprint density at radius 1 is 1.23 bits per heavy atom. The number of hydrogen-bond donors (Lipinski definition) is 2. The van der Waals surface area contributed by atoms with E-state index in [0.29, 0.717) is 19.4 Å². The van der Waals surface area contributed by atoms with Gasteiger partial charge < -0.3 is 15.2 Å². The summed E-state index contributed by atoms with van der Waals surface area (Å²) in [5.74, 6) is 1.21. The third-order valence-electron chi connectivity index (χ3n) is 3.93. The molecule has 2 N–H and O–H groups in total. The zero-order chi connectivity index (χ0) is 19.6. The van der Waals surface area contributed by atoms with Gasteiger partial charge in [-0.2, -0.15) is 11.8 Å². The highest BCUT2D eigenvalue weighted by atomic mass is 32.2. The van der Waals surface area contributed by atoms with E-state index in [1.807, 2.05) is 31.2 Å². The number of nitrogens with one attached hydrogen (secondary N) is 1. The standard InChI is InChI=1S/C20H31NO4S/c1-5-26-14-12-17(19(23)24)21-18(22)7-6-13-25-16-10-8-15(9-11-16)20(2,3)4/h8-11,17H,5-7,12-14H2,1-4H3,(H,21,22)(H,23,24). The number of thioether (sulfide) groups is 1. The normalized spacial score (nSPS) is 12.5. The first kappa shape index (κ1) is 22.4. The van der Waals surface area contributed by atoms with Crippen molar-refractivity contribution in [1.82, 2.24) is 5.32 Å². The summed E-state index contributed by atoms with van der Waals surface area (Å²) >= 11 is 1.67. The fraction of sp³-hybridized carbons (Fsp3) is 0.600. The predicted molar refractivity (Wildman–Crippen MR) is 107 cm³/mol. The van der Waals surface area contributed by atoms with Gasteiger partial charge in [-0.05, 0) is 47.5 Å². The van der Waals surface area contributed by atoms with Crippen LogP contribution in [0.5, 0.6) is 5.75 Å². The van der Waals surface area contributed by atoms with Crippen molar-refractivity contribution < 1.29 is 19.4 Å². The first-order valence-electron chi connectivity index (χ1n) is 9.07. The molecule has 0 aromatic heterocycles. The van der Waals surface area contributed by atoms with Gasteiger partial charge in [0.05, 0.1) is 6.61 Å². The number of benzene rings is 1. The lowest BCUT2D eigenvalue weighted by atomic mass is 9.87. The maximum absolute atomic E-state index is 11.9. The molecule has 0 aliphatic heterocycles. The Morgan fingerprint density at radius 3 is 2.42 bits per heavy atom. The van der Waals surface area contributed by atoms with Crippen molar-refractivity contribution in [3.63, 3.8) is 0 Å². The maximum atomic E-state index is 11.9. The van der Waals surface area contributed by atoms with Gasteiger partial charge in [-0.1, -0.05) is 39.8 Å². The Hall–Kier alpha value is -1.69. The average molecular weight is 382 g/mol. The molecule has 0 heterocycles. The molecule has 1 aromatic carbocycles. The van der Waals surface area contributed by atoms with Gasteiger partial charge in [0.25, 0.3) is 0 Å². The highest BCUT2D eigenvalue weighted by molar-refractivity contribution is 7.99. The van der Waals surface area contributed by atoms with Crippen molar-refractivity contribution in [3.8, 4) is 5.75 Å². The second kappa shape index (κ2) is 11.1. The van der Waals surface area contributed by atoms with Crippen molar-refractivity contribution in [2.45, 2.75) is 58.4 Å². The van der Waals surface area contributed by atoms with E-state index >= 15 is 0 Å². The van der Waals surface area contributed by atoms with Gasteiger partial charge in [-0.15, -0.1) is 0 Å². The molecule has 0 bridgehead atoms. The van der Waals surface area contributed by atoms with Crippen LogP contribution in [-0.2, 0) is 15.0 Å². The molecule has 0 aliphatic rings. The van der Waals surface area contributed by atoms with Crippen LogP contribution in [0.3, 0.4) is 0 Å². The van der Waals surface area contributed by atoms with E-state index in [1.165, 1.54) is 5.56 Å². The Kier molecular flexibility index (Phi) is 9.55. The van der Waals surface area contributed by atoms with E-state index in [9.17, 15) is 14.7 Å². The molecule has 0 saturated carbocycles. The predicted octanol–water partition coefficient (Wildman–Crippen LogP) is 3.86. The lowest BCUT2D eigenvalue weighted by Gasteiger charge is -2.19. The zero-order valence-corrected chi connectivity index (χ0v) is 17.0. The van der Waals surface area contributed by atoms with Crippen LogP contribution in [0.25, 0.3) is 0 Å². The molecule has 0 radical (unpaired) electrons. The molecular weight excluding hydrogens is 350 g/mol. The Labute approximate surface area is 160 Å². The molecule has 0 aliphatic carbocycles. The van der Waals surface area contributed by atoms with E-state index in [0.717, 1.165) is 17.3 Å². The van der Waals surface area contributed by atoms with Crippen molar-refractivity contribution >= 4 is 23.6 Å². The lowest BCUT2D eigenvalue weighted by Crippen LogP contribution is -2.41. The molecule has 26 heavy (non-hydrogen) atoms. The van der Waals surface area contributed by atoms with E-state index in [1.54, 1.807) is 11.8 Å². The number of carbonyl (C=O) groups is 2. The molecule has 0 spiro atoms. The summed E-state index contributed by atoms with van der Waals surface area (Å²) in [6.07, 6.45) is 1.24. The largest absolute Gasteiger partial charge is 0.494 e. The maximum Gasteiger partial charge on any atom is 0.326 e. The van der Waals surface area contributed by atoms with Crippen molar-refractivity contribution in [3.05, 3.63) is 29.8 Å². The molecule has 5 nitrogen and oxygen atoms in total. The van der Waals surface area contributed by atoms with Gasteiger partial charge in [0, 0.05) is 6.42 Å². The van der Waals surface area contributed by atoms with Crippen LogP contribution in [0.1, 0.15) is 52.5 Å². The second-order valence-electron chi connectivity index (χ2n) is 7.17. The summed E-state index contributed by atoms with van der Waals surface area (Å²) in [4.78, 5) is 23.1. The highest BCUT2D eigenvalue weighted by Crippen LogP contribution is 2.24. The second-order valence-corrected chi connectivity index (χ2v) is 8.56. The topological polar surface area (TPSA) is 75.6 Å². The van der Waals surface area contributed by atoms with Gasteiger partial charge in [0.15, 0.2) is 0 Å². The number of hydrogen-bond acceptors (Lipinski definition) is 4. The molecular formula is C20H31NO4S. The summed E-state index contributed by atoms with van der Waals surface area (Å²) in [6, 6.07) is 7.16. The summed E-state index contributed by atoms with van der Waals surface area (Å²) < 4.78 is 5.66. The summed E-state index contributed by atoms with van der Waals surface area (Å²) in [7, 11) is 0. The molecule has 0 saturated heterocycles. The molecule has 146 valence electrons. The third-order valence-corrected chi connectivity index (χ3v) is 4.86. The van der Waals surface area contributed by atoms with Gasteiger partial charge >= 0.3 is 5.97 Å². The first-order chi connectivity index (χ1) is 12.2. The molecule has 6 heteroatoms. The number of carboxylic acids is 1. The van der Waals surface area contributed by atoms with Crippen molar-refractivity contribution in [2.24, 2.45) is 0 Å². The smallest absolute Gasteiger partial charge is 0.326 e. The van der Waals surface area contributed by atoms with Crippen LogP contribution in [0.15, 0.2) is 24.3 Å². The SMILES string of the molecule is CCSCCC(NC(=O)CCCOc1ccc(C(C)(C)C)cc1)C(=O)O. The molecule has 0 fully saturated rings. The summed E-state index contributed by atoms with van der Waals surface area (Å²) in [5.41, 5.74) is 1.35. The van der Waals surface area contributed by atoms with Crippen LogP contribution in [0.4, 0.5) is 0 Å². The van der Waals surface area contributed by atoms with Crippen LogP contribution < -0.4 is 10.1 Å². The number of rotatable bonds is 11. The number of amides is 1. The quantitative estimate of drug-likeness (QED) is 0.569. The Bertz CT molecular complexity index is 566. The van der Waals surface area contributed by atoms with Crippen molar-refractivity contribution in [2.75, 3.05) is 18.1 Å². The molecule has 1 rings (SSSR count). The molecule has 1 amide bonds. The van der Waals surface area contributed by atoms with E-state index in [2.05, 4.69) is 26.1 Å². The van der Waals surface area contributed by atoms with Gasteiger partial charge in [0.1, 0.15) is 11.8 Å². The first-order valence-corrected chi connectivity index (χ1v) is 10.2. The minimum absolute atomic E-state index is 0.104. The molecule has 1 atom stereocenters. The minimum atomic E-state index is -0.981. The Morgan fingerprint density at radius 2 is 1.88 bits per heavy atom. The number of carbonyl (C=O) groups excluding carboxylic acids is 1. The average Bonchev–Trinajstić information content (AvgIpc) is 2.57. The number of carboxylic acid groups (broad SMARTS) is 1. The lowest BCUT2D eigenvalue weighted by molar-refractivity contribution is -0.141. The fourth-order valence-electron chi connectivity index (χ4n) is 2.34. The fourth-order valence-corrected chi connectivity index (χ4v) is 3.03. The minimum Gasteiger partial charge on any atom is -0.494 e. The van der Waals surface area contributed by atoms with Crippen LogP contribution >= 0.6 is 11.8 Å². The van der Waals surface area contributed by atoms with E-state index in [4.69, 9.17) is 4.74 Å². The van der Waals surface area contributed by atoms with Crippen LogP contribution in [-0.4, -0.2) is 41.1 Å². The summed E-state index contributed by atoms with van der Waals surface area (Å²) in [6.45, 7) is 8.92. The van der Waals surface area contributed by atoms with Gasteiger partial charge in [0.2, 0.25) is 5.91 Å². The van der Waals surface area contributed by atoms with E-state index < -0.39 is 12.0 Å². The van der Waals surface area contributed by atoms with Gasteiger partial charge in [-0.3, -0.25) is 4.79 Å². The monoisotopic (exact) mass is 381 g/mol. The molecule has 1 unspecified atom stereocenters. The van der Waals surface area contributed by atoms with Crippen LogP contribution in [0.2, 0.25) is 0 Å². The van der Waals surface area contributed by atoms with Gasteiger partial charge in [-0.25, -0.2) is 4.79 Å². The Balaban J connectivity index is 2.31. The highest BCUT2D eigenvalue weighted by Gasteiger charge is 2.19. The number of aliphatic carboxylic acids is 1. The summed E-state index contributed by atoms with van der Waals surface area (Å²) in [5, 5.41) is 11.8.